The molecule has 0 bridgehead atoms. The molecule has 2 aromatic rings. The van der Waals surface area contributed by atoms with E-state index in [0.29, 0.717) is 6.04 Å². The summed E-state index contributed by atoms with van der Waals surface area (Å²) in [4.78, 5) is 4.34. The number of pyridine rings is 1. The van der Waals surface area contributed by atoms with Crippen LogP contribution in [0.25, 0.3) is 11.0 Å². The van der Waals surface area contributed by atoms with E-state index in [9.17, 15) is 0 Å². The van der Waals surface area contributed by atoms with E-state index < -0.39 is 0 Å². The van der Waals surface area contributed by atoms with Crippen LogP contribution < -0.4 is 0 Å². The molecule has 0 N–H and O–H groups in total. The van der Waals surface area contributed by atoms with E-state index in [1.54, 1.807) is 6.20 Å². The predicted octanol–water partition coefficient (Wildman–Crippen LogP) is 1.77. The molecule has 2 aromatic heterocycles. The molecule has 72 valence electrons. The lowest BCUT2D eigenvalue weighted by molar-refractivity contribution is -0.0269. The van der Waals surface area contributed by atoms with Gasteiger partial charge >= 0.3 is 0 Å². The van der Waals surface area contributed by atoms with Gasteiger partial charge in [-0.3, -0.25) is 0 Å². The van der Waals surface area contributed by atoms with Crippen molar-refractivity contribution >= 4 is 27.0 Å². The smallest absolute Gasteiger partial charge is 0.158 e. The Balaban J connectivity index is 2.16. The Morgan fingerprint density at radius 3 is 3.00 bits per heavy atom. The highest BCUT2D eigenvalue weighted by atomic mass is 79.9. The fourth-order valence-corrected chi connectivity index (χ4v) is 1.89. The number of hydrogen-bond acceptors (Lipinski definition) is 3. The van der Waals surface area contributed by atoms with Crippen molar-refractivity contribution in [3.8, 4) is 0 Å². The van der Waals surface area contributed by atoms with E-state index in [4.69, 9.17) is 4.74 Å². The lowest BCUT2D eigenvalue weighted by atomic mass is 10.2. The van der Waals surface area contributed by atoms with Gasteiger partial charge in [0.05, 0.1) is 19.4 Å². The van der Waals surface area contributed by atoms with Crippen LogP contribution in [-0.4, -0.2) is 28.0 Å². The SMILES string of the molecule is Brc1cnc2c(cnn2C2COC2)c1. The van der Waals surface area contributed by atoms with E-state index >= 15 is 0 Å². The van der Waals surface area contributed by atoms with Crippen LogP contribution >= 0.6 is 15.9 Å². The summed E-state index contributed by atoms with van der Waals surface area (Å²) in [5.41, 5.74) is 0.932. The van der Waals surface area contributed by atoms with Gasteiger partial charge in [-0.15, -0.1) is 0 Å². The second kappa shape index (κ2) is 3.03. The Bertz CT molecular complexity index is 478. The summed E-state index contributed by atoms with van der Waals surface area (Å²) in [5.74, 6) is 0. The van der Waals surface area contributed by atoms with Crippen LogP contribution in [0.2, 0.25) is 0 Å². The minimum absolute atomic E-state index is 0.362. The van der Waals surface area contributed by atoms with E-state index in [1.807, 2.05) is 16.9 Å². The van der Waals surface area contributed by atoms with Gasteiger partial charge in [0.1, 0.15) is 6.04 Å². The molecule has 0 aromatic carbocycles. The Morgan fingerprint density at radius 1 is 1.43 bits per heavy atom. The van der Waals surface area contributed by atoms with Gasteiger partial charge in [-0.1, -0.05) is 0 Å². The van der Waals surface area contributed by atoms with Crippen LogP contribution in [0.1, 0.15) is 6.04 Å². The number of halogens is 1. The van der Waals surface area contributed by atoms with Gasteiger partial charge in [0.25, 0.3) is 0 Å². The summed E-state index contributed by atoms with van der Waals surface area (Å²) in [7, 11) is 0. The maximum absolute atomic E-state index is 5.13. The summed E-state index contributed by atoms with van der Waals surface area (Å²) < 4.78 is 8.05. The molecule has 3 heterocycles. The van der Waals surface area contributed by atoms with Gasteiger partial charge in [-0.2, -0.15) is 5.10 Å². The van der Waals surface area contributed by atoms with Gasteiger partial charge in [-0.05, 0) is 22.0 Å². The first-order valence-corrected chi connectivity index (χ1v) is 5.20. The molecule has 4 nitrogen and oxygen atoms in total. The van der Waals surface area contributed by atoms with Crippen molar-refractivity contribution in [3.63, 3.8) is 0 Å². The predicted molar refractivity (Wildman–Crippen MR) is 55.1 cm³/mol. The Morgan fingerprint density at radius 2 is 2.29 bits per heavy atom. The molecule has 0 atom stereocenters. The van der Waals surface area contributed by atoms with Crippen molar-refractivity contribution in [3.05, 3.63) is 22.9 Å². The largest absolute Gasteiger partial charge is 0.377 e. The van der Waals surface area contributed by atoms with Crippen LogP contribution in [0, 0.1) is 0 Å². The monoisotopic (exact) mass is 253 g/mol. The summed E-state index contributed by atoms with van der Waals surface area (Å²) in [6.07, 6.45) is 3.63. The first-order valence-electron chi connectivity index (χ1n) is 4.41. The highest BCUT2D eigenvalue weighted by Crippen LogP contribution is 2.23. The van der Waals surface area contributed by atoms with Crippen LogP contribution in [-0.2, 0) is 4.74 Å². The Kier molecular flexibility index (Phi) is 1.81. The standard InChI is InChI=1S/C9H8BrN3O/c10-7-1-6-2-12-13(8-4-14-5-8)9(6)11-3-7/h1-3,8H,4-5H2. The molecule has 1 aliphatic heterocycles. The van der Waals surface area contributed by atoms with E-state index in [1.165, 1.54) is 0 Å². The number of ether oxygens (including phenoxy) is 1. The highest BCUT2D eigenvalue weighted by molar-refractivity contribution is 9.10. The Labute approximate surface area is 89.0 Å². The summed E-state index contributed by atoms with van der Waals surface area (Å²) in [6.45, 7) is 1.49. The first-order chi connectivity index (χ1) is 6.84. The van der Waals surface area contributed by atoms with Gasteiger partial charge in [0.15, 0.2) is 5.65 Å². The quantitative estimate of drug-likeness (QED) is 0.778. The molecule has 1 fully saturated rings. The summed E-state index contributed by atoms with van der Waals surface area (Å²) in [5, 5.41) is 5.37. The fraction of sp³-hybridized carbons (Fsp3) is 0.333. The van der Waals surface area contributed by atoms with E-state index in [0.717, 1.165) is 28.7 Å². The van der Waals surface area contributed by atoms with E-state index in [-0.39, 0.29) is 0 Å². The maximum atomic E-state index is 5.13. The topological polar surface area (TPSA) is 39.9 Å². The average Bonchev–Trinajstić information content (AvgIpc) is 2.45. The molecule has 0 amide bonds. The molecular weight excluding hydrogens is 246 g/mol. The third-order valence-corrected chi connectivity index (χ3v) is 2.80. The first kappa shape index (κ1) is 8.38. The number of rotatable bonds is 1. The van der Waals surface area contributed by atoms with Crippen molar-refractivity contribution < 1.29 is 4.74 Å². The van der Waals surface area contributed by atoms with Crippen LogP contribution in [0.5, 0.6) is 0 Å². The van der Waals surface area contributed by atoms with Crippen molar-refractivity contribution in [2.75, 3.05) is 13.2 Å². The third-order valence-electron chi connectivity index (χ3n) is 2.37. The maximum Gasteiger partial charge on any atom is 0.158 e. The minimum atomic E-state index is 0.362. The summed E-state index contributed by atoms with van der Waals surface area (Å²) in [6, 6.07) is 2.38. The van der Waals surface area contributed by atoms with Crippen molar-refractivity contribution in [2.24, 2.45) is 0 Å². The summed E-state index contributed by atoms with van der Waals surface area (Å²) >= 11 is 3.39. The molecule has 3 rings (SSSR count). The van der Waals surface area contributed by atoms with E-state index in [2.05, 4.69) is 26.0 Å². The van der Waals surface area contributed by atoms with Gasteiger partial charge in [-0.25, -0.2) is 9.67 Å². The molecule has 14 heavy (non-hydrogen) atoms. The second-order valence-corrected chi connectivity index (χ2v) is 4.26. The minimum Gasteiger partial charge on any atom is -0.377 e. The molecule has 0 aliphatic carbocycles. The zero-order valence-corrected chi connectivity index (χ0v) is 8.94. The highest BCUT2D eigenvalue weighted by Gasteiger charge is 2.23. The van der Waals surface area contributed by atoms with Gasteiger partial charge < -0.3 is 4.74 Å². The Hall–Kier alpha value is -0.940. The van der Waals surface area contributed by atoms with Crippen molar-refractivity contribution in [1.29, 1.82) is 0 Å². The van der Waals surface area contributed by atoms with Crippen LogP contribution in [0.4, 0.5) is 0 Å². The lowest BCUT2D eigenvalue weighted by Crippen LogP contribution is -2.31. The number of hydrogen-bond donors (Lipinski definition) is 0. The zero-order valence-electron chi connectivity index (χ0n) is 7.35. The molecule has 0 radical (unpaired) electrons. The molecule has 0 spiro atoms. The van der Waals surface area contributed by atoms with Gasteiger partial charge in [0.2, 0.25) is 0 Å². The van der Waals surface area contributed by atoms with Crippen molar-refractivity contribution in [1.82, 2.24) is 14.8 Å². The molecule has 1 aliphatic rings. The molecule has 0 saturated carbocycles. The molecule has 5 heteroatoms. The van der Waals surface area contributed by atoms with Crippen molar-refractivity contribution in [2.45, 2.75) is 6.04 Å². The average molecular weight is 254 g/mol. The number of fused-ring (bicyclic) bond motifs is 1. The number of aromatic nitrogens is 3. The normalized spacial score (nSPS) is 17.2. The third kappa shape index (κ3) is 1.16. The second-order valence-electron chi connectivity index (χ2n) is 3.35. The van der Waals surface area contributed by atoms with Gasteiger partial charge in [0, 0.05) is 16.1 Å². The van der Waals surface area contributed by atoms with Crippen LogP contribution in [0.15, 0.2) is 22.9 Å². The number of nitrogens with zero attached hydrogens (tertiary/aromatic N) is 3. The lowest BCUT2D eigenvalue weighted by Gasteiger charge is -2.26. The zero-order chi connectivity index (χ0) is 9.54. The molecular formula is C9H8BrN3O. The molecule has 1 saturated heterocycles. The fourth-order valence-electron chi connectivity index (χ4n) is 1.54. The van der Waals surface area contributed by atoms with Crippen LogP contribution in [0.3, 0.4) is 0 Å². The molecule has 0 unspecified atom stereocenters.